The number of rotatable bonds is 1. The van der Waals surface area contributed by atoms with Gasteiger partial charge >= 0.3 is 6.09 Å². The van der Waals surface area contributed by atoms with Gasteiger partial charge in [0, 0.05) is 13.1 Å². The lowest BCUT2D eigenvalue weighted by atomic mass is 10.2. The highest BCUT2D eigenvalue weighted by Gasteiger charge is 2.31. The molecule has 22 heavy (non-hydrogen) atoms. The molecule has 0 radical (unpaired) electrons. The molecule has 0 bridgehead atoms. The van der Waals surface area contributed by atoms with Crippen LogP contribution in [0.25, 0.3) is 10.2 Å². The highest BCUT2D eigenvalue weighted by Crippen LogP contribution is 2.29. The average Bonchev–Trinajstić information content (AvgIpc) is 2.99. The normalized spacial score (nSPS) is 15.6. The first-order chi connectivity index (χ1) is 10.3. The van der Waals surface area contributed by atoms with E-state index < -0.39 is 5.60 Å². The van der Waals surface area contributed by atoms with Gasteiger partial charge in [-0.2, -0.15) is 0 Å². The number of carbonyl (C=O) groups excluding carboxylic acids is 1. The molecule has 1 aromatic heterocycles. The molecule has 1 aliphatic heterocycles. The van der Waals surface area contributed by atoms with Gasteiger partial charge in [-0.25, -0.2) is 14.8 Å². The van der Waals surface area contributed by atoms with E-state index in [2.05, 4.69) is 11.1 Å². The minimum Gasteiger partial charge on any atom is -0.442 e. The Hall–Kier alpha value is -1.82. The van der Waals surface area contributed by atoms with Gasteiger partial charge in [0.2, 0.25) is 0 Å². The average molecular weight is 319 g/mol. The summed E-state index contributed by atoms with van der Waals surface area (Å²) in [6, 6.07) is 6.13. The number of aromatic nitrogens is 1. The maximum Gasteiger partial charge on any atom is 0.429 e. The zero-order valence-electron chi connectivity index (χ0n) is 13.4. The van der Waals surface area contributed by atoms with Crippen molar-refractivity contribution in [2.45, 2.75) is 39.7 Å². The van der Waals surface area contributed by atoms with Crippen LogP contribution in [0.3, 0.4) is 0 Å². The number of fused-ring (bicyclic) bond motifs is 1. The molecule has 0 atom stereocenters. The van der Waals surface area contributed by atoms with E-state index >= 15 is 0 Å². The van der Waals surface area contributed by atoms with Crippen LogP contribution in [0.4, 0.5) is 10.5 Å². The fourth-order valence-electron chi connectivity index (χ4n) is 2.57. The molecule has 118 valence electrons. The van der Waals surface area contributed by atoms with Crippen molar-refractivity contribution >= 4 is 33.3 Å². The molecule has 1 aliphatic rings. The Balaban J connectivity index is 1.86. The first-order valence-corrected chi connectivity index (χ1v) is 8.30. The summed E-state index contributed by atoms with van der Waals surface area (Å²) >= 11 is 1.67. The molecule has 0 saturated carbocycles. The SMILES string of the molecule is Cc1nc2ccc(N3CCCN3C(=O)OC(C)(C)C)cc2s1. The van der Waals surface area contributed by atoms with Crippen molar-refractivity contribution in [3.8, 4) is 0 Å². The second-order valence-corrected chi connectivity index (χ2v) is 7.70. The summed E-state index contributed by atoms with van der Waals surface area (Å²) in [6.45, 7) is 9.18. The van der Waals surface area contributed by atoms with Crippen molar-refractivity contribution in [2.75, 3.05) is 18.1 Å². The van der Waals surface area contributed by atoms with E-state index in [0.717, 1.165) is 33.9 Å². The second-order valence-electron chi connectivity index (χ2n) is 6.47. The lowest BCUT2D eigenvalue weighted by molar-refractivity contribution is 0.0274. The predicted molar refractivity (Wildman–Crippen MR) is 89.3 cm³/mol. The summed E-state index contributed by atoms with van der Waals surface area (Å²) in [4.78, 5) is 16.8. The highest BCUT2D eigenvalue weighted by molar-refractivity contribution is 7.18. The summed E-state index contributed by atoms with van der Waals surface area (Å²) in [5, 5.41) is 4.75. The van der Waals surface area contributed by atoms with Crippen LogP contribution in [0, 0.1) is 6.92 Å². The highest BCUT2D eigenvalue weighted by atomic mass is 32.1. The number of ether oxygens (including phenoxy) is 1. The van der Waals surface area contributed by atoms with E-state index in [9.17, 15) is 4.79 Å². The van der Waals surface area contributed by atoms with Crippen molar-refractivity contribution in [2.24, 2.45) is 0 Å². The van der Waals surface area contributed by atoms with Crippen molar-refractivity contribution in [1.29, 1.82) is 0 Å². The van der Waals surface area contributed by atoms with Gasteiger partial charge in [-0.1, -0.05) is 0 Å². The van der Waals surface area contributed by atoms with Crippen LogP contribution in [-0.4, -0.2) is 34.8 Å². The molecule has 5 nitrogen and oxygen atoms in total. The third-order valence-electron chi connectivity index (χ3n) is 3.41. The smallest absolute Gasteiger partial charge is 0.429 e. The van der Waals surface area contributed by atoms with E-state index in [1.54, 1.807) is 16.3 Å². The van der Waals surface area contributed by atoms with Crippen LogP contribution in [0.1, 0.15) is 32.2 Å². The van der Waals surface area contributed by atoms with Gasteiger partial charge < -0.3 is 4.74 Å². The molecule has 1 amide bonds. The lowest BCUT2D eigenvalue weighted by Gasteiger charge is -2.31. The minimum atomic E-state index is -0.482. The molecule has 2 heterocycles. The van der Waals surface area contributed by atoms with Gasteiger partial charge in [-0.15, -0.1) is 11.3 Å². The van der Waals surface area contributed by atoms with E-state index in [0.29, 0.717) is 6.54 Å². The molecule has 1 aromatic carbocycles. The van der Waals surface area contributed by atoms with Gasteiger partial charge in [0.05, 0.1) is 20.9 Å². The Morgan fingerprint density at radius 3 is 2.82 bits per heavy atom. The van der Waals surface area contributed by atoms with Crippen LogP contribution in [0.5, 0.6) is 0 Å². The Morgan fingerprint density at radius 1 is 1.32 bits per heavy atom. The molecular weight excluding hydrogens is 298 g/mol. The number of hydrogen-bond acceptors (Lipinski definition) is 5. The maximum absolute atomic E-state index is 12.4. The number of nitrogens with zero attached hydrogens (tertiary/aromatic N) is 3. The molecule has 6 heteroatoms. The van der Waals surface area contributed by atoms with Crippen molar-refractivity contribution < 1.29 is 9.53 Å². The number of anilines is 1. The van der Waals surface area contributed by atoms with Crippen LogP contribution in [0.15, 0.2) is 18.2 Å². The number of hydrogen-bond donors (Lipinski definition) is 0. The molecule has 0 unspecified atom stereocenters. The van der Waals surface area contributed by atoms with Gasteiger partial charge in [-0.3, -0.25) is 5.01 Å². The standard InChI is InChI=1S/C16H21N3O2S/c1-11-17-13-7-6-12(10-14(13)22-11)18-8-5-9-19(18)15(20)21-16(2,3)4/h6-7,10H,5,8-9H2,1-4H3. The van der Waals surface area contributed by atoms with Gasteiger partial charge in [0.15, 0.2) is 0 Å². The van der Waals surface area contributed by atoms with Gasteiger partial charge in [0.25, 0.3) is 0 Å². The first kappa shape index (κ1) is 15.1. The molecule has 1 saturated heterocycles. The largest absolute Gasteiger partial charge is 0.442 e. The van der Waals surface area contributed by atoms with Gasteiger partial charge in [0.1, 0.15) is 5.60 Å². The fourth-order valence-corrected chi connectivity index (χ4v) is 3.43. The molecule has 3 rings (SSSR count). The molecule has 1 fully saturated rings. The second kappa shape index (κ2) is 5.43. The van der Waals surface area contributed by atoms with Crippen LogP contribution in [-0.2, 0) is 4.74 Å². The summed E-state index contributed by atoms with van der Waals surface area (Å²) in [7, 11) is 0. The van der Waals surface area contributed by atoms with Crippen LogP contribution >= 0.6 is 11.3 Å². The predicted octanol–water partition coefficient (Wildman–Crippen LogP) is 3.97. The third kappa shape index (κ3) is 3.02. The Bertz CT molecular complexity index is 705. The molecular formula is C16H21N3O2S. The quantitative estimate of drug-likeness (QED) is 0.798. The van der Waals surface area contributed by atoms with Crippen molar-refractivity contribution in [1.82, 2.24) is 9.99 Å². The number of aryl methyl sites for hydroxylation is 1. The Labute approximate surface area is 134 Å². The van der Waals surface area contributed by atoms with E-state index in [-0.39, 0.29) is 6.09 Å². The van der Waals surface area contributed by atoms with E-state index in [1.807, 2.05) is 44.8 Å². The van der Waals surface area contributed by atoms with Crippen LogP contribution < -0.4 is 5.01 Å². The van der Waals surface area contributed by atoms with Crippen molar-refractivity contribution in [3.05, 3.63) is 23.2 Å². The summed E-state index contributed by atoms with van der Waals surface area (Å²) in [5.41, 5.74) is 1.54. The third-order valence-corrected chi connectivity index (χ3v) is 4.35. The number of amides is 1. The molecule has 0 N–H and O–H groups in total. The maximum atomic E-state index is 12.4. The van der Waals surface area contributed by atoms with E-state index in [1.165, 1.54) is 0 Å². The zero-order chi connectivity index (χ0) is 15.9. The van der Waals surface area contributed by atoms with Gasteiger partial charge in [-0.05, 0) is 52.3 Å². The zero-order valence-corrected chi connectivity index (χ0v) is 14.2. The van der Waals surface area contributed by atoms with Crippen molar-refractivity contribution in [3.63, 3.8) is 0 Å². The first-order valence-electron chi connectivity index (χ1n) is 7.49. The minimum absolute atomic E-state index is 0.286. The molecule has 0 aliphatic carbocycles. The Kier molecular flexibility index (Phi) is 3.72. The topological polar surface area (TPSA) is 45.7 Å². The van der Waals surface area contributed by atoms with E-state index in [4.69, 9.17) is 4.74 Å². The molecule has 0 spiro atoms. The fraction of sp³-hybridized carbons (Fsp3) is 0.500. The summed E-state index contributed by atoms with van der Waals surface area (Å²) in [6.07, 6.45) is 0.657. The number of carbonyl (C=O) groups is 1. The van der Waals surface area contributed by atoms with Crippen LogP contribution in [0.2, 0.25) is 0 Å². The number of hydrazine groups is 1. The monoisotopic (exact) mass is 319 g/mol. The Morgan fingerprint density at radius 2 is 2.09 bits per heavy atom. The summed E-state index contributed by atoms with van der Waals surface area (Å²) < 4.78 is 6.65. The number of benzene rings is 1. The summed E-state index contributed by atoms with van der Waals surface area (Å²) in [5.74, 6) is 0. The lowest BCUT2D eigenvalue weighted by Crippen LogP contribution is -2.44. The number of thiazole rings is 1. The molecule has 2 aromatic rings.